The van der Waals surface area contributed by atoms with Gasteiger partial charge in [0, 0.05) is 12.0 Å². The first-order valence-corrected chi connectivity index (χ1v) is 3.88. The van der Waals surface area contributed by atoms with Crippen molar-refractivity contribution >= 4 is 5.82 Å². The van der Waals surface area contributed by atoms with Crippen molar-refractivity contribution in [3.63, 3.8) is 0 Å². The van der Waals surface area contributed by atoms with Crippen molar-refractivity contribution in [1.29, 1.82) is 0 Å². The number of nitro groups is 1. The van der Waals surface area contributed by atoms with Gasteiger partial charge in [0.25, 0.3) is 0 Å². The van der Waals surface area contributed by atoms with E-state index in [-0.39, 0.29) is 11.2 Å². The maximum atomic E-state index is 10.3. The molecule has 0 unspecified atom stereocenters. The highest BCUT2D eigenvalue weighted by molar-refractivity contribution is 5.25. The van der Waals surface area contributed by atoms with Crippen LogP contribution >= 0.6 is 0 Å². The quantitative estimate of drug-likeness (QED) is 0.529. The normalized spacial score (nSPS) is 11.6. The maximum absolute atomic E-state index is 10.3. The molecule has 1 aromatic heterocycles. The number of aromatic nitrogens is 2. The highest BCUT2D eigenvalue weighted by Gasteiger charge is 2.24. The van der Waals surface area contributed by atoms with Gasteiger partial charge in [0.15, 0.2) is 0 Å². The molecule has 0 bridgehead atoms. The van der Waals surface area contributed by atoms with E-state index in [9.17, 15) is 10.1 Å². The van der Waals surface area contributed by atoms with E-state index in [1.54, 1.807) is 0 Å². The highest BCUT2D eigenvalue weighted by Crippen LogP contribution is 2.22. The minimum Gasteiger partial charge on any atom is -0.358 e. The Hall–Kier alpha value is -1.43. The Kier molecular flexibility index (Phi) is 2.33. The second-order valence-corrected chi connectivity index (χ2v) is 3.48. The lowest BCUT2D eigenvalue weighted by Gasteiger charge is -2.17. The van der Waals surface area contributed by atoms with Gasteiger partial charge in [-0.2, -0.15) is 0 Å². The number of rotatable bonds is 3. The number of hydrogen-bond acceptors (Lipinski definition) is 4. The summed E-state index contributed by atoms with van der Waals surface area (Å²) in [7, 11) is 0. The van der Waals surface area contributed by atoms with Crippen LogP contribution in [-0.2, 0) is 5.41 Å². The Balaban J connectivity index is 2.98. The molecule has 0 spiro atoms. The lowest BCUT2D eigenvalue weighted by molar-refractivity contribution is -0.389. The molecule has 3 N–H and O–H groups in total. The molecule has 0 radical (unpaired) electrons. The lowest BCUT2D eigenvalue weighted by Crippen LogP contribution is -2.28. The number of nitrogens with one attached hydrogen (secondary N) is 1. The van der Waals surface area contributed by atoms with Crippen molar-refractivity contribution in [1.82, 2.24) is 10.2 Å². The summed E-state index contributed by atoms with van der Waals surface area (Å²) in [6.45, 7) is 4.16. The smallest absolute Gasteiger partial charge is 0.342 e. The first-order valence-electron chi connectivity index (χ1n) is 3.88. The van der Waals surface area contributed by atoms with Gasteiger partial charge in [-0.1, -0.05) is 18.9 Å². The van der Waals surface area contributed by atoms with Crippen molar-refractivity contribution in [2.45, 2.75) is 19.3 Å². The minimum atomic E-state index is -0.511. The molecular weight excluding hydrogens is 172 g/mol. The molecule has 0 saturated carbocycles. The minimum absolute atomic E-state index is 0.100. The fourth-order valence-electron chi connectivity index (χ4n) is 0.856. The molecule has 0 amide bonds. The van der Waals surface area contributed by atoms with Gasteiger partial charge < -0.3 is 15.8 Å². The molecule has 0 aliphatic carbocycles. The van der Waals surface area contributed by atoms with Crippen LogP contribution in [0.3, 0.4) is 0 Å². The molecule has 13 heavy (non-hydrogen) atoms. The van der Waals surface area contributed by atoms with Gasteiger partial charge in [-0.05, 0) is 4.92 Å². The van der Waals surface area contributed by atoms with Crippen LogP contribution < -0.4 is 5.73 Å². The number of nitrogens with two attached hydrogens (primary N) is 1. The van der Waals surface area contributed by atoms with E-state index in [1.807, 2.05) is 13.8 Å². The van der Waals surface area contributed by atoms with E-state index in [0.717, 1.165) is 0 Å². The van der Waals surface area contributed by atoms with Crippen molar-refractivity contribution in [2.75, 3.05) is 6.54 Å². The van der Waals surface area contributed by atoms with Crippen LogP contribution in [0, 0.1) is 10.1 Å². The molecule has 0 aliphatic rings. The summed E-state index contributed by atoms with van der Waals surface area (Å²) in [4.78, 5) is 9.82. The van der Waals surface area contributed by atoms with E-state index < -0.39 is 4.92 Å². The van der Waals surface area contributed by atoms with Crippen LogP contribution in [0.15, 0.2) is 6.07 Å². The SMILES string of the molecule is CC(C)(CN)c1cc([N+](=O)[O-])[nH]n1. The zero-order valence-electron chi connectivity index (χ0n) is 7.57. The standard InChI is InChI=1S/C7H12N4O2/c1-7(2,4-8)5-3-6(10-9-5)11(12)13/h3H,4,8H2,1-2H3,(H,9,10). The van der Waals surface area contributed by atoms with Crippen molar-refractivity contribution < 1.29 is 4.92 Å². The van der Waals surface area contributed by atoms with Crippen molar-refractivity contribution in [3.8, 4) is 0 Å². The maximum Gasteiger partial charge on any atom is 0.342 e. The van der Waals surface area contributed by atoms with Gasteiger partial charge in [-0.3, -0.25) is 0 Å². The van der Waals surface area contributed by atoms with Crippen LogP contribution in [0.1, 0.15) is 19.5 Å². The van der Waals surface area contributed by atoms with Crippen molar-refractivity contribution in [3.05, 3.63) is 21.9 Å². The van der Waals surface area contributed by atoms with E-state index in [4.69, 9.17) is 5.73 Å². The summed E-state index contributed by atoms with van der Waals surface area (Å²) in [5, 5.41) is 16.5. The topological polar surface area (TPSA) is 97.8 Å². The Labute approximate surface area is 75.3 Å². The summed E-state index contributed by atoms with van der Waals surface area (Å²) in [5.74, 6) is -0.100. The summed E-state index contributed by atoms with van der Waals surface area (Å²) in [6, 6.07) is 1.41. The van der Waals surface area contributed by atoms with Crippen LogP contribution in [-0.4, -0.2) is 21.7 Å². The van der Waals surface area contributed by atoms with Crippen LogP contribution in [0.2, 0.25) is 0 Å². The summed E-state index contributed by atoms with van der Waals surface area (Å²) in [6.07, 6.45) is 0. The van der Waals surface area contributed by atoms with E-state index in [0.29, 0.717) is 12.2 Å². The third-order valence-corrected chi connectivity index (χ3v) is 1.96. The predicted octanol–water partition coefficient (Wildman–Crippen LogP) is 0.554. The average Bonchev–Trinajstić information content (AvgIpc) is 2.52. The number of hydrogen-bond donors (Lipinski definition) is 2. The molecule has 1 rings (SSSR count). The molecule has 0 aliphatic heterocycles. The van der Waals surface area contributed by atoms with Gasteiger partial charge in [0.2, 0.25) is 0 Å². The predicted molar refractivity (Wildman–Crippen MR) is 47.3 cm³/mol. The molecule has 0 aromatic carbocycles. The molecule has 0 atom stereocenters. The molecule has 1 heterocycles. The lowest BCUT2D eigenvalue weighted by atomic mass is 9.90. The van der Waals surface area contributed by atoms with Crippen LogP contribution in [0.25, 0.3) is 0 Å². The summed E-state index contributed by atoms with van der Waals surface area (Å²) < 4.78 is 0. The first kappa shape index (κ1) is 9.66. The highest BCUT2D eigenvalue weighted by atomic mass is 16.6. The Morgan fingerprint density at radius 1 is 1.77 bits per heavy atom. The molecule has 1 aromatic rings. The number of nitrogens with zero attached hydrogens (tertiary/aromatic N) is 2. The monoisotopic (exact) mass is 184 g/mol. The largest absolute Gasteiger partial charge is 0.358 e. The van der Waals surface area contributed by atoms with Crippen LogP contribution in [0.4, 0.5) is 5.82 Å². The third-order valence-electron chi connectivity index (χ3n) is 1.96. The molecule has 6 nitrogen and oxygen atoms in total. The second kappa shape index (κ2) is 3.14. The van der Waals surface area contributed by atoms with E-state index in [1.165, 1.54) is 6.07 Å². The average molecular weight is 184 g/mol. The molecular formula is C7H12N4O2. The van der Waals surface area contributed by atoms with Crippen molar-refractivity contribution in [2.24, 2.45) is 5.73 Å². The van der Waals surface area contributed by atoms with Gasteiger partial charge in [0.1, 0.15) is 0 Å². The van der Waals surface area contributed by atoms with Gasteiger partial charge in [-0.25, -0.2) is 0 Å². The zero-order chi connectivity index (χ0) is 10.1. The van der Waals surface area contributed by atoms with Gasteiger partial charge in [0.05, 0.1) is 11.8 Å². The Bertz CT molecular complexity index is 318. The summed E-state index contributed by atoms with van der Waals surface area (Å²) in [5.41, 5.74) is 5.78. The van der Waals surface area contributed by atoms with Gasteiger partial charge in [-0.15, -0.1) is 5.10 Å². The fourth-order valence-corrected chi connectivity index (χ4v) is 0.856. The zero-order valence-corrected chi connectivity index (χ0v) is 7.57. The van der Waals surface area contributed by atoms with E-state index >= 15 is 0 Å². The molecule has 72 valence electrons. The first-order chi connectivity index (χ1) is 5.97. The van der Waals surface area contributed by atoms with Crippen LogP contribution in [0.5, 0.6) is 0 Å². The third kappa shape index (κ3) is 1.83. The van der Waals surface area contributed by atoms with Gasteiger partial charge >= 0.3 is 5.82 Å². The molecule has 0 saturated heterocycles. The summed E-state index contributed by atoms with van der Waals surface area (Å²) >= 11 is 0. The van der Waals surface area contributed by atoms with E-state index in [2.05, 4.69) is 10.2 Å². The number of H-pyrrole nitrogens is 1. The number of aromatic amines is 1. The fraction of sp³-hybridized carbons (Fsp3) is 0.571. The Morgan fingerprint density at radius 2 is 2.38 bits per heavy atom. The molecule has 0 fully saturated rings. The molecule has 6 heteroatoms. The second-order valence-electron chi connectivity index (χ2n) is 3.48. The Morgan fingerprint density at radius 3 is 2.77 bits per heavy atom.